The molecule has 0 radical (unpaired) electrons. The van der Waals surface area contributed by atoms with Gasteiger partial charge in [-0.05, 0) is 36.4 Å². The van der Waals surface area contributed by atoms with E-state index in [1.54, 1.807) is 5.56 Å². The molecule has 20 heavy (non-hydrogen) atoms. The van der Waals surface area contributed by atoms with Gasteiger partial charge in [-0.25, -0.2) is 0 Å². The summed E-state index contributed by atoms with van der Waals surface area (Å²) in [6.07, 6.45) is 2.72. The van der Waals surface area contributed by atoms with Crippen LogP contribution in [0, 0.1) is 0 Å². The normalized spacial score (nSPS) is 22.9. The molecule has 2 aliphatic rings. The molecule has 110 valence electrons. The van der Waals surface area contributed by atoms with E-state index < -0.39 is 0 Å². The first-order valence-corrected chi connectivity index (χ1v) is 8.08. The number of nitrogens with two attached hydrogens (primary N) is 1. The molecule has 3 nitrogen and oxygen atoms in total. The van der Waals surface area contributed by atoms with E-state index >= 15 is 0 Å². The van der Waals surface area contributed by atoms with Gasteiger partial charge in [0.15, 0.2) is 0 Å². The van der Waals surface area contributed by atoms with E-state index in [1.165, 1.54) is 38.0 Å². The Kier molecular flexibility index (Phi) is 4.39. The first-order chi connectivity index (χ1) is 9.83. The van der Waals surface area contributed by atoms with E-state index in [9.17, 15) is 0 Å². The Labute approximate surface area is 122 Å². The number of benzene rings is 1. The second-order valence-corrected chi connectivity index (χ2v) is 6.12. The van der Waals surface area contributed by atoms with Crippen molar-refractivity contribution in [2.24, 2.45) is 5.73 Å². The molecule has 0 amide bonds. The Morgan fingerprint density at radius 3 is 2.45 bits per heavy atom. The number of hydrogen-bond acceptors (Lipinski definition) is 3. The van der Waals surface area contributed by atoms with Gasteiger partial charge in [0.1, 0.15) is 0 Å². The zero-order chi connectivity index (χ0) is 13.9. The predicted octanol–water partition coefficient (Wildman–Crippen LogP) is 2.20. The van der Waals surface area contributed by atoms with E-state index in [0.717, 1.165) is 25.6 Å². The molecule has 1 atom stereocenters. The summed E-state index contributed by atoms with van der Waals surface area (Å²) in [4.78, 5) is 5.12. The van der Waals surface area contributed by atoms with Crippen LogP contribution in [-0.4, -0.2) is 49.1 Å². The summed E-state index contributed by atoms with van der Waals surface area (Å²) in [5.41, 5.74) is 9.18. The fourth-order valence-corrected chi connectivity index (χ4v) is 3.44. The van der Waals surface area contributed by atoms with Crippen molar-refractivity contribution in [1.29, 1.82) is 0 Å². The molecule has 0 bridgehead atoms. The van der Waals surface area contributed by atoms with Crippen molar-refractivity contribution in [2.45, 2.75) is 31.7 Å². The number of nitrogens with zero attached hydrogens (tertiary/aromatic N) is 2. The molecule has 0 aromatic heterocycles. The number of piperazine rings is 1. The third kappa shape index (κ3) is 2.90. The first kappa shape index (κ1) is 14.1. The van der Waals surface area contributed by atoms with Gasteiger partial charge in [-0.15, -0.1) is 0 Å². The maximum absolute atomic E-state index is 6.14. The Balaban J connectivity index is 1.76. The molecule has 0 spiro atoms. The van der Waals surface area contributed by atoms with Crippen molar-refractivity contribution < 1.29 is 0 Å². The molecule has 2 fully saturated rings. The highest BCUT2D eigenvalue weighted by Crippen LogP contribution is 2.43. The quantitative estimate of drug-likeness (QED) is 0.892. The lowest BCUT2D eigenvalue weighted by atomic mass is 9.95. The summed E-state index contributed by atoms with van der Waals surface area (Å²) in [6, 6.07) is 9.38. The first-order valence-electron chi connectivity index (χ1n) is 8.08. The van der Waals surface area contributed by atoms with Gasteiger partial charge in [-0.3, -0.25) is 4.90 Å². The van der Waals surface area contributed by atoms with Crippen LogP contribution in [0.4, 0.5) is 0 Å². The molecule has 2 N–H and O–H groups in total. The van der Waals surface area contributed by atoms with Crippen molar-refractivity contribution in [3.8, 4) is 0 Å². The number of likely N-dealkylation sites (N-methyl/N-ethyl adjacent to an activating group) is 1. The summed E-state index contributed by atoms with van der Waals surface area (Å²) in [5.74, 6) is 0.803. The van der Waals surface area contributed by atoms with Crippen LogP contribution >= 0.6 is 0 Å². The minimum Gasteiger partial charge on any atom is -0.329 e. The van der Waals surface area contributed by atoms with Crippen molar-refractivity contribution in [1.82, 2.24) is 9.80 Å². The molecule has 1 aliphatic heterocycles. The third-order valence-electron chi connectivity index (χ3n) is 4.89. The van der Waals surface area contributed by atoms with Crippen LogP contribution in [-0.2, 0) is 0 Å². The van der Waals surface area contributed by atoms with Gasteiger partial charge in [0.2, 0.25) is 0 Å². The average molecular weight is 273 g/mol. The van der Waals surface area contributed by atoms with Crippen molar-refractivity contribution in [2.75, 3.05) is 39.3 Å². The van der Waals surface area contributed by atoms with Crippen LogP contribution in [0.1, 0.15) is 42.9 Å². The monoisotopic (exact) mass is 273 g/mol. The summed E-state index contributed by atoms with van der Waals surface area (Å²) in [7, 11) is 0. The maximum Gasteiger partial charge on any atom is 0.0474 e. The Bertz CT molecular complexity index is 434. The highest BCUT2D eigenvalue weighted by Gasteiger charge is 2.30. The molecule has 3 heteroatoms. The van der Waals surface area contributed by atoms with Crippen LogP contribution in [0.25, 0.3) is 0 Å². The summed E-state index contributed by atoms with van der Waals surface area (Å²) in [6.45, 7) is 8.80. The highest BCUT2D eigenvalue weighted by molar-refractivity contribution is 5.36. The molecule has 1 saturated heterocycles. The van der Waals surface area contributed by atoms with Gasteiger partial charge in [0.05, 0.1) is 0 Å². The summed E-state index contributed by atoms with van der Waals surface area (Å²) < 4.78 is 0. The lowest BCUT2D eigenvalue weighted by molar-refractivity contribution is 0.102. The van der Waals surface area contributed by atoms with Gasteiger partial charge in [0, 0.05) is 38.8 Å². The molecule has 3 rings (SSSR count). The maximum atomic E-state index is 6.14. The van der Waals surface area contributed by atoms with Gasteiger partial charge in [-0.1, -0.05) is 31.2 Å². The van der Waals surface area contributed by atoms with E-state index in [1.807, 2.05) is 0 Å². The van der Waals surface area contributed by atoms with Gasteiger partial charge in [-0.2, -0.15) is 0 Å². The van der Waals surface area contributed by atoms with Gasteiger partial charge < -0.3 is 10.6 Å². The SMILES string of the molecule is CCN1CCN(C(CN)c2ccccc2C2CC2)CC1. The van der Waals surface area contributed by atoms with Gasteiger partial charge in [0.25, 0.3) is 0 Å². The van der Waals surface area contributed by atoms with Gasteiger partial charge >= 0.3 is 0 Å². The number of rotatable bonds is 5. The van der Waals surface area contributed by atoms with E-state index in [2.05, 4.69) is 41.0 Å². The molecular weight excluding hydrogens is 246 g/mol. The predicted molar refractivity (Wildman–Crippen MR) is 83.9 cm³/mol. The van der Waals surface area contributed by atoms with E-state index in [0.29, 0.717) is 6.04 Å². The van der Waals surface area contributed by atoms with E-state index in [4.69, 9.17) is 5.73 Å². The fourth-order valence-electron chi connectivity index (χ4n) is 3.44. The molecule has 1 aromatic carbocycles. The van der Waals surface area contributed by atoms with Crippen molar-refractivity contribution in [3.05, 3.63) is 35.4 Å². The Hall–Kier alpha value is -0.900. The number of hydrogen-bond donors (Lipinski definition) is 1. The molecule has 1 aliphatic carbocycles. The lowest BCUT2D eigenvalue weighted by Crippen LogP contribution is -2.48. The zero-order valence-electron chi connectivity index (χ0n) is 12.6. The molecule has 1 unspecified atom stereocenters. The minimum absolute atomic E-state index is 0.408. The zero-order valence-corrected chi connectivity index (χ0v) is 12.6. The van der Waals surface area contributed by atoms with Crippen molar-refractivity contribution in [3.63, 3.8) is 0 Å². The Morgan fingerprint density at radius 1 is 1.15 bits per heavy atom. The van der Waals surface area contributed by atoms with Crippen LogP contribution in [0.15, 0.2) is 24.3 Å². The van der Waals surface area contributed by atoms with Crippen LogP contribution in [0.3, 0.4) is 0 Å². The van der Waals surface area contributed by atoms with Crippen LogP contribution < -0.4 is 5.73 Å². The summed E-state index contributed by atoms with van der Waals surface area (Å²) in [5, 5.41) is 0. The molecular formula is C17H27N3. The largest absolute Gasteiger partial charge is 0.329 e. The van der Waals surface area contributed by atoms with E-state index in [-0.39, 0.29) is 0 Å². The average Bonchev–Trinajstić information content (AvgIpc) is 3.34. The molecule has 1 saturated carbocycles. The smallest absolute Gasteiger partial charge is 0.0474 e. The second kappa shape index (κ2) is 6.25. The van der Waals surface area contributed by atoms with Crippen LogP contribution in [0.2, 0.25) is 0 Å². The molecule has 1 aromatic rings. The summed E-state index contributed by atoms with van der Waals surface area (Å²) >= 11 is 0. The standard InChI is InChI=1S/C17H27N3/c1-2-19-9-11-20(12-10-19)17(13-18)16-6-4-3-5-15(16)14-7-8-14/h3-6,14,17H,2,7-13,18H2,1H3. The highest BCUT2D eigenvalue weighted by atomic mass is 15.3. The molecule has 1 heterocycles. The second-order valence-electron chi connectivity index (χ2n) is 6.12. The minimum atomic E-state index is 0.408. The fraction of sp³-hybridized carbons (Fsp3) is 0.647. The topological polar surface area (TPSA) is 32.5 Å². The lowest BCUT2D eigenvalue weighted by Gasteiger charge is -2.39. The van der Waals surface area contributed by atoms with Crippen LogP contribution in [0.5, 0.6) is 0 Å². The van der Waals surface area contributed by atoms with Crippen molar-refractivity contribution >= 4 is 0 Å². The Morgan fingerprint density at radius 2 is 1.85 bits per heavy atom. The third-order valence-corrected chi connectivity index (χ3v) is 4.89.